The minimum atomic E-state index is -0.385. The molecular formula is C17H15ClN2O3. The van der Waals surface area contributed by atoms with Gasteiger partial charge in [0.05, 0.1) is 18.1 Å². The summed E-state index contributed by atoms with van der Waals surface area (Å²) in [4.78, 5) is 14.0. The zero-order chi connectivity index (χ0) is 16.4. The van der Waals surface area contributed by atoms with E-state index in [4.69, 9.17) is 16.3 Å². The molecule has 1 heterocycles. The van der Waals surface area contributed by atoms with E-state index in [0.717, 1.165) is 22.0 Å². The first-order valence-corrected chi connectivity index (χ1v) is 7.49. The van der Waals surface area contributed by atoms with Crippen molar-refractivity contribution in [2.45, 2.75) is 5.92 Å². The second kappa shape index (κ2) is 6.30. The molecular weight excluding hydrogens is 316 g/mol. The number of aromatic amines is 1. The van der Waals surface area contributed by atoms with Gasteiger partial charge in [-0.1, -0.05) is 35.9 Å². The number of methoxy groups -OCH3 is 1. The van der Waals surface area contributed by atoms with Gasteiger partial charge in [0.15, 0.2) is 0 Å². The van der Waals surface area contributed by atoms with Gasteiger partial charge in [-0.2, -0.15) is 0 Å². The van der Waals surface area contributed by atoms with Crippen molar-refractivity contribution in [1.82, 2.24) is 4.98 Å². The summed E-state index contributed by atoms with van der Waals surface area (Å²) in [5, 5.41) is 12.6. The van der Waals surface area contributed by atoms with Crippen LogP contribution in [0.15, 0.2) is 48.7 Å². The molecule has 3 aromatic rings. The van der Waals surface area contributed by atoms with Crippen molar-refractivity contribution >= 4 is 22.5 Å². The maximum Gasteiger partial charge on any atom is 0.214 e. The zero-order valence-electron chi connectivity index (χ0n) is 12.5. The van der Waals surface area contributed by atoms with Gasteiger partial charge in [0.2, 0.25) is 6.54 Å². The highest BCUT2D eigenvalue weighted by Gasteiger charge is 2.24. The average molecular weight is 331 g/mol. The number of hydrogen-bond donors (Lipinski definition) is 1. The minimum absolute atomic E-state index is 0.204. The van der Waals surface area contributed by atoms with Gasteiger partial charge in [0.1, 0.15) is 5.75 Å². The molecule has 0 spiro atoms. The van der Waals surface area contributed by atoms with Crippen molar-refractivity contribution in [3.63, 3.8) is 0 Å². The third kappa shape index (κ3) is 3.00. The Morgan fingerprint density at radius 1 is 1.30 bits per heavy atom. The molecule has 1 atom stereocenters. The Morgan fingerprint density at radius 2 is 2.09 bits per heavy atom. The smallest absolute Gasteiger partial charge is 0.214 e. The van der Waals surface area contributed by atoms with Crippen LogP contribution >= 0.6 is 11.6 Å². The fraction of sp³-hybridized carbons (Fsp3) is 0.176. The third-order valence-corrected chi connectivity index (χ3v) is 4.20. The minimum Gasteiger partial charge on any atom is -0.495 e. The van der Waals surface area contributed by atoms with Crippen LogP contribution in [0.5, 0.6) is 5.75 Å². The number of rotatable bonds is 5. The van der Waals surface area contributed by atoms with Crippen molar-refractivity contribution in [3.05, 3.63) is 74.9 Å². The molecule has 0 fully saturated rings. The maximum absolute atomic E-state index is 11.2. The van der Waals surface area contributed by atoms with Gasteiger partial charge >= 0.3 is 0 Å². The molecule has 0 saturated carbocycles. The van der Waals surface area contributed by atoms with Crippen LogP contribution in [0.4, 0.5) is 0 Å². The van der Waals surface area contributed by atoms with Crippen molar-refractivity contribution in [1.29, 1.82) is 0 Å². The number of nitrogens with one attached hydrogen (secondary N) is 1. The van der Waals surface area contributed by atoms with Gasteiger partial charge in [-0.15, -0.1) is 0 Å². The van der Waals surface area contributed by atoms with Crippen LogP contribution in [0.1, 0.15) is 17.0 Å². The molecule has 0 unspecified atom stereocenters. The van der Waals surface area contributed by atoms with Crippen molar-refractivity contribution < 1.29 is 9.66 Å². The molecule has 0 saturated heterocycles. The van der Waals surface area contributed by atoms with Crippen LogP contribution in [0.3, 0.4) is 0 Å². The zero-order valence-corrected chi connectivity index (χ0v) is 13.2. The van der Waals surface area contributed by atoms with E-state index in [9.17, 15) is 10.1 Å². The molecule has 0 amide bonds. The van der Waals surface area contributed by atoms with Crippen LogP contribution in [0.2, 0.25) is 5.02 Å². The van der Waals surface area contributed by atoms with E-state index >= 15 is 0 Å². The Kier molecular flexibility index (Phi) is 4.21. The summed E-state index contributed by atoms with van der Waals surface area (Å²) in [6.07, 6.45) is 1.83. The number of aromatic nitrogens is 1. The molecule has 2 aromatic carbocycles. The summed E-state index contributed by atoms with van der Waals surface area (Å²) >= 11 is 6.19. The predicted molar refractivity (Wildman–Crippen MR) is 90.0 cm³/mol. The van der Waals surface area contributed by atoms with Crippen molar-refractivity contribution in [2.75, 3.05) is 13.7 Å². The lowest BCUT2D eigenvalue weighted by atomic mass is 9.91. The molecule has 0 bridgehead atoms. The molecule has 0 aliphatic rings. The average Bonchev–Trinajstić information content (AvgIpc) is 2.96. The van der Waals surface area contributed by atoms with Gasteiger partial charge in [0, 0.05) is 22.0 Å². The molecule has 0 aliphatic carbocycles. The summed E-state index contributed by atoms with van der Waals surface area (Å²) in [5.41, 5.74) is 2.63. The fourth-order valence-corrected chi connectivity index (χ4v) is 3.08. The lowest BCUT2D eigenvalue weighted by molar-refractivity contribution is -0.481. The highest BCUT2D eigenvalue weighted by atomic mass is 35.5. The van der Waals surface area contributed by atoms with Gasteiger partial charge < -0.3 is 9.72 Å². The van der Waals surface area contributed by atoms with Gasteiger partial charge in [-0.25, -0.2) is 0 Å². The van der Waals surface area contributed by atoms with Gasteiger partial charge in [0.25, 0.3) is 0 Å². The Morgan fingerprint density at radius 3 is 2.78 bits per heavy atom. The van der Waals surface area contributed by atoms with E-state index in [-0.39, 0.29) is 17.4 Å². The van der Waals surface area contributed by atoms with E-state index < -0.39 is 0 Å². The predicted octanol–water partition coefficient (Wildman–Crippen LogP) is 4.24. The molecule has 3 rings (SSSR count). The first-order valence-electron chi connectivity index (χ1n) is 7.11. The van der Waals surface area contributed by atoms with Crippen molar-refractivity contribution in [3.8, 4) is 5.75 Å². The highest BCUT2D eigenvalue weighted by molar-refractivity contribution is 6.32. The lowest BCUT2D eigenvalue weighted by Gasteiger charge is -2.14. The largest absolute Gasteiger partial charge is 0.495 e. The van der Waals surface area contributed by atoms with Crippen LogP contribution in [-0.4, -0.2) is 23.6 Å². The van der Waals surface area contributed by atoms with Crippen LogP contribution < -0.4 is 4.74 Å². The molecule has 0 radical (unpaired) electrons. The number of nitrogens with zero attached hydrogens (tertiary/aromatic N) is 1. The number of benzene rings is 2. The molecule has 0 aliphatic heterocycles. The van der Waals surface area contributed by atoms with E-state index in [1.165, 1.54) is 7.11 Å². The van der Waals surface area contributed by atoms with Crippen LogP contribution in [-0.2, 0) is 0 Å². The van der Waals surface area contributed by atoms with Crippen molar-refractivity contribution in [2.24, 2.45) is 0 Å². The molecule has 23 heavy (non-hydrogen) atoms. The summed E-state index contributed by atoms with van der Waals surface area (Å²) in [7, 11) is 1.54. The number of halogens is 1. The summed E-state index contributed by atoms with van der Waals surface area (Å²) in [6, 6.07) is 13.0. The number of fused-ring (bicyclic) bond motifs is 1. The van der Waals surface area contributed by atoms with Crippen LogP contribution in [0.25, 0.3) is 10.9 Å². The lowest BCUT2D eigenvalue weighted by Crippen LogP contribution is -2.13. The first kappa shape index (κ1) is 15.4. The first-order chi connectivity index (χ1) is 11.1. The fourth-order valence-electron chi connectivity index (χ4n) is 2.81. The van der Waals surface area contributed by atoms with E-state index in [2.05, 4.69) is 4.98 Å². The number of ether oxygens (including phenoxy) is 1. The quantitative estimate of drug-likeness (QED) is 0.562. The van der Waals surface area contributed by atoms with E-state index in [1.54, 1.807) is 12.1 Å². The number of hydrogen-bond acceptors (Lipinski definition) is 3. The standard InChI is InChI=1S/C17H15ClN2O3/c1-23-17-7-6-11(8-15(17)18)14(10-20(21)22)13-9-19-16-5-3-2-4-12(13)16/h2-9,14,19H,10H2,1H3/t14-/m0/s1. The monoisotopic (exact) mass is 330 g/mol. The highest BCUT2D eigenvalue weighted by Crippen LogP contribution is 2.34. The summed E-state index contributed by atoms with van der Waals surface area (Å²) in [6.45, 7) is -0.204. The molecule has 1 N–H and O–H groups in total. The van der Waals surface area contributed by atoms with E-state index in [1.807, 2.05) is 36.5 Å². The van der Waals surface area contributed by atoms with Gasteiger partial charge in [-0.3, -0.25) is 10.1 Å². The van der Waals surface area contributed by atoms with Gasteiger partial charge in [-0.05, 0) is 29.3 Å². The molecule has 118 valence electrons. The second-order valence-electron chi connectivity index (χ2n) is 5.25. The third-order valence-electron chi connectivity index (χ3n) is 3.91. The maximum atomic E-state index is 11.2. The number of nitro groups is 1. The van der Waals surface area contributed by atoms with Crippen LogP contribution in [0, 0.1) is 10.1 Å². The number of para-hydroxylation sites is 1. The summed E-state index contributed by atoms with van der Waals surface area (Å²) in [5.74, 6) is 0.166. The Hall–Kier alpha value is -2.53. The Balaban J connectivity index is 2.11. The number of H-pyrrole nitrogens is 1. The SMILES string of the molecule is COc1ccc([C@H](C[N+](=O)[O-])c2c[nH]c3ccccc23)cc1Cl. The Labute approximate surface area is 138 Å². The molecule has 5 nitrogen and oxygen atoms in total. The molecule has 6 heteroatoms. The normalized spacial score (nSPS) is 12.3. The van der Waals surface area contributed by atoms with E-state index in [0.29, 0.717) is 10.8 Å². The topological polar surface area (TPSA) is 68.2 Å². The summed E-state index contributed by atoms with van der Waals surface area (Å²) < 4.78 is 5.15. The Bertz CT molecular complexity index is 860. The second-order valence-corrected chi connectivity index (χ2v) is 5.66. The molecule has 1 aromatic heterocycles.